The van der Waals surface area contributed by atoms with E-state index in [0.29, 0.717) is 28.6 Å². The lowest BCUT2D eigenvalue weighted by molar-refractivity contribution is -0.140. The first kappa shape index (κ1) is 20.9. The second-order valence-electron chi connectivity index (χ2n) is 7.17. The third-order valence-electron chi connectivity index (χ3n) is 5.40. The number of hydrogen-bond donors (Lipinski definition) is 2. The van der Waals surface area contributed by atoms with Crippen LogP contribution in [0.5, 0.6) is 5.75 Å². The van der Waals surface area contributed by atoms with Gasteiger partial charge in [0.1, 0.15) is 11.6 Å². The van der Waals surface area contributed by atoms with Crippen molar-refractivity contribution in [3.8, 4) is 5.75 Å². The van der Waals surface area contributed by atoms with E-state index in [4.69, 9.17) is 11.6 Å². The zero-order chi connectivity index (χ0) is 21.5. The molecule has 0 saturated carbocycles. The van der Waals surface area contributed by atoms with Crippen LogP contribution in [0.25, 0.3) is 10.9 Å². The number of phenols is 1. The Morgan fingerprint density at radius 2 is 1.90 bits per heavy atom. The number of halogens is 2. The van der Waals surface area contributed by atoms with Gasteiger partial charge in [0.25, 0.3) is 5.91 Å². The average Bonchev–Trinajstić information content (AvgIpc) is 2.94. The summed E-state index contributed by atoms with van der Waals surface area (Å²) in [5.41, 5.74) is 1.45. The van der Waals surface area contributed by atoms with Crippen LogP contribution in [0.1, 0.15) is 47.8 Å². The Morgan fingerprint density at radius 1 is 1.21 bits per heavy atom. The number of carbonyl (C=O) groups excluding carboxylic acids is 1. The lowest BCUT2D eigenvalue weighted by Gasteiger charge is -2.20. The molecular formula is C22H21ClFNO4. The highest BCUT2D eigenvalue weighted by atomic mass is 35.5. The molecule has 0 bridgehead atoms. The monoisotopic (exact) mass is 417 g/mol. The van der Waals surface area contributed by atoms with Crippen LogP contribution in [0.4, 0.5) is 4.39 Å². The van der Waals surface area contributed by atoms with E-state index in [-0.39, 0.29) is 22.3 Å². The summed E-state index contributed by atoms with van der Waals surface area (Å²) in [7, 11) is 0. The lowest BCUT2D eigenvalue weighted by atomic mass is 9.84. The molecule has 0 aliphatic heterocycles. The normalized spacial score (nSPS) is 13.4. The molecule has 0 radical (unpaired) electrons. The maximum absolute atomic E-state index is 13.9. The standard InChI is InChI=1S/C22H21ClFNO4/c1-4-11(2)19(22(28)29)20-12(3)25(18-8-6-14(26)10-15(18)20)21(27)13-5-7-16(23)17(24)9-13/h5-11,19,26H,4H2,1-3H3,(H,28,29)/t11?,19-/m1/s1. The molecule has 7 heteroatoms. The van der Waals surface area contributed by atoms with Crippen molar-refractivity contribution in [1.82, 2.24) is 4.57 Å². The highest BCUT2D eigenvalue weighted by Gasteiger charge is 2.32. The number of benzene rings is 2. The summed E-state index contributed by atoms with van der Waals surface area (Å²) in [4.78, 5) is 25.3. The van der Waals surface area contributed by atoms with Crippen LogP contribution < -0.4 is 0 Å². The van der Waals surface area contributed by atoms with Crippen LogP contribution in [0.15, 0.2) is 36.4 Å². The van der Waals surface area contributed by atoms with Gasteiger partial charge in [-0.3, -0.25) is 14.2 Å². The quantitative estimate of drug-likeness (QED) is 0.586. The number of carbonyl (C=O) groups is 2. The minimum Gasteiger partial charge on any atom is -0.508 e. The lowest BCUT2D eigenvalue weighted by Crippen LogP contribution is -2.21. The van der Waals surface area contributed by atoms with Gasteiger partial charge in [0, 0.05) is 16.6 Å². The van der Waals surface area contributed by atoms with E-state index in [2.05, 4.69) is 0 Å². The van der Waals surface area contributed by atoms with Gasteiger partial charge in [0.05, 0.1) is 16.5 Å². The molecule has 0 saturated heterocycles. The first-order chi connectivity index (χ1) is 13.7. The molecule has 0 aliphatic rings. The Morgan fingerprint density at radius 3 is 2.48 bits per heavy atom. The van der Waals surface area contributed by atoms with Gasteiger partial charge in [0.2, 0.25) is 0 Å². The van der Waals surface area contributed by atoms with Gasteiger partial charge in [-0.25, -0.2) is 4.39 Å². The van der Waals surface area contributed by atoms with Crippen molar-refractivity contribution in [1.29, 1.82) is 0 Å². The number of nitrogens with zero attached hydrogens (tertiary/aromatic N) is 1. The summed E-state index contributed by atoms with van der Waals surface area (Å²) in [5.74, 6) is -3.32. The zero-order valence-electron chi connectivity index (χ0n) is 16.2. The van der Waals surface area contributed by atoms with Crippen LogP contribution in [0.2, 0.25) is 5.02 Å². The van der Waals surface area contributed by atoms with Gasteiger partial charge >= 0.3 is 5.97 Å². The second kappa shape index (κ2) is 7.87. The minimum absolute atomic E-state index is 0.0332. The number of aliphatic carboxylic acids is 1. The minimum atomic E-state index is -1.00. The Balaban J connectivity index is 2.31. The molecule has 29 heavy (non-hydrogen) atoms. The average molecular weight is 418 g/mol. The van der Waals surface area contributed by atoms with E-state index in [0.717, 1.165) is 6.07 Å². The van der Waals surface area contributed by atoms with E-state index >= 15 is 0 Å². The fourth-order valence-electron chi connectivity index (χ4n) is 3.73. The van der Waals surface area contributed by atoms with E-state index in [1.165, 1.54) is 28.8 Å². The number of fused-ring (bicyclic) bond motifs is 1. The van der Waals surface area contributed by atoms with Crippen molar-refractivity contribution in [2.45, 2.75) is 33.1 Å². The fraction of sp³-hybridized carbons (Fsp3) is 0.273. The summed E-state index contributed by atoms with van der Waals surface area (Å²) in [6, 6.07) is 8.22. The molecular weight excluding hydrogens is 397 g/mol. The highest BCUT2D eigenvalue weighted by Crippen LogP contribution is 2.38. The smallest absolute Gasteiger partial charge is 0.311 e. The van der Waals surface area contributed by atoms with Crippen molar-refractivity contribution >= 4 is 34.4 Å². The van der Waals surface area contributed by atoms with Gasteiger partial charge < -0.3 is 10.2 Å². The molecule has 1 unspecified atom stereocenters. The number of carboxylic acids is 1. The van der Waals surface area contributed by atoms with E-state index in [1.807, 2.05) is 13.8 Å². The Bertz CT molecular complexity index is 1120. The summed E-state index contributed by atoms with van der Waals surface area (Å²) >= 11 is 5.72. The molecule has 1 heterocycles. The van der Waals surface area contributed by atoms with Crippen LogP contribution in [0, 0.1) is 18.7 Å². The number of carboxylic acid groups (broad SMARTS) is 1. The predicted octanol–water partition coefficient (Wildman–Crippen LogP) is 5.35. The summed E-state index contributed by atoms with van der Waals surface area (Å²) in [5, 5.41) is 20.3. The zero-order valence-corrected chi connectivity index (χ0v) is 17.0. The van der Waals surface area contributed by atoms with Crippen LogP contribution >= 0.6 is 11.6 Å². The molecule has 0 amide bonds. The van der Waals surface area contributed by atoms with E-state index in [9.17, 15) is 24.2 Å². The van der Waals surface area contributed by atoms with Gasteiger partial charge in [-0.2, -0.15) is 0 Å². The molecule has 2 aromatic carbocycles. The van der Waals surface area contributed by atoms with Gasteiger partial charge in [-0.1, -0.05) is 31.9 Å². The second-order valence-corrected chi connectivity index (χ2v) is 7.58. The van der Waals surface area contributed by atoms with Crippen molar-refractivity contribution in [2.24, 2.45) is 5.92 Å². The molecule has 3 aromatic rings. The molecule has 0 spiro atoms. The number of phenolic OH excluding ortho intramolecular Hbond substituents is 1. The molecule has 5 nitrogen and oxygen atoms in total. The molecule has 1 aromatic heterocycles. The molecule has 0 fully saturated rings. The third-order valence-corrected chi connectivity index (χ3v) is 5.70. The van der Waals surface area contributed by atoms with Crippen LogP contribution in [-0.4, -0.2) is 26.7 Å². The Kier molecular flexibility index (Phi) is 5.66. The predicted molar refractivity (Wildman–Crippen MR) is 109 cm³/mol. The Hall–Kier alpha value is -2.86. The number of aromatic hydroxyl groups is 1. The van der Waals surface area contributed by atoms with Crippen LogP contribution in [0.3, 0.4) is 0 Å². The van der Waals surface area contributed by atoms with Crippen molar-refractivity contribution < 1.29 is 24.2 Å². The maximum atomic E-state index is 13.9. The summed E-state index contributed by atoms with van der Waals surface area (Å²) in [6.45, 7) is 5.39. The first-order valence-corrected chi connectivity index (χ1v) is 9.61. The van der Waals surface area contributed by atoms with E-state index in [1.54, 1.807) is 13.0 Å². The van der Waals surface area contributed by atoms with Crippen molar-refractivity contribution in [2.75, 3.05) is 0 Å². The molecule has 2 atom stereocenters. The summed E-state index contributed by atoms with van der Waals surface area (Å²) < 4.78 is 15.3. The SMILES string of the molecule is CCC(C)[C@@H](C(=O)O)c1c(C)n(C(=O)c2ccc(Cl)c(F)c2)c2ccc(O)cc12. The third kappa shape index (κ3) is 3.60. The Labute approximate surface area is 172 Å². The number of hydrogen-bond acceptors (Lipinski definition) is 3. The fourth-order valence-corrected chi connectivity index (χ4v) is 3.85. The largest absolute Gasteiger partial charge is 0.508 e. The molecule has 0 aliphatic carbocycles. The van der Waals surface area contributed by atoms with Crippen molar-refractivity contribution in [3.05, 3.63) is 64.1 Å². The van der Waals surface area contributed by atoms with E-state index < -0.39 is 23.6 Å². The van der Waals surface area contributed by atoms with Crippen molar-refractivity contribution in [3.63, 3.8) is 0 Å². The molecule has 152 valence electrons. The number of rotatable bonds is 5. The van der Waals surface area contributed by atoms with Gasteiger partial charge in [-0.15, -0.1) is 0 Å². The highest BCUT2D eigenvalue weighted by molar-refractivity contribution is 6.30. The summed E-state index contributed by atoms with van der Waals surface area (Å²) in [6.07, 6.45) is 0.623. The van der Waals surface area contributed by atoms with Gasteiger partial charge in [0.15, 0.2) is 0 Å². The number of aromatic nitrogens is 1. The maximum Gasteiger partial charge on any atom is 0.311 e. The topological polar surface area (TPSA) is 79.5 Å². The molecule has 2 N–H and O–H groups in total. The first-order valence-electron chi connectivity index (χ1n) is 9.23. The molecule has 3 rings (SSSR count). The van der Waals surface area contributed by atoms with Crippen LogP contribution in [-0.2, 0) is 4.79 Å². The van der Waals surface area contributed by atoms with Gasteiger partial charge in [-0.05, 0) is 54.8 Å².